The van der Waals surface area contributed by atoms with Crippen molar-refractivity contribution in [1.82, 2.24) is 0 Å². The molecule has 11 atom stereocenters. The SMILES string of the molecule is C[C@H](CCC(=O)O)[C@@H]1CC[C@@H]2[C@H]3[C@H](OC=O)C[C@@H]4C[C@H](O)CC[C@]4(C)[C@H]3C[C@H](OC=O)[C@@]21C. The molecule has 4 aliphatic rings. The fourth-order valence-electron chi connectivity index (χ4n) is 9.12. The average Bonchev–Trinajstić information content (AvgIpc) is 3.12. The minimum Gasteiger partial charge on any atom is -0.481 e. The Morgan fingerprint density at radius 2 is 1.79 bits per heavy atom. The van der Waals surface area contributed by atoms with Gasteiger partial charge in [-0.2, -0.15) is 0 Å². The Morgan fingerprint density at radius 1 is 1.06 bits per heavy atom. The van der Waals surface area contributed by atoms with Crippen LogP contribution in [0.1, 0.15) is 78.6 Å². The van der Waals surface area contributed by atoms with Crippen molar-refractivity contribution in [3.63, 3.8) is 0 Å². The highest BCUT2D eigenvalue weighted by Gasteiger charge is 2.67. The van der Waals surface area contributed by atoms with E-state index in [0.29, 0.717) is 19.4 Å². The predicted octanol–water partition coefficient (Wildman–Crippen LogP) is 3.81. The van der Waals surface area contributed by atoms with Crippen molar-refractivity contribution in [1.29, 1.82) is 0 Å². The van der Waals surface area contributed by atoms with Crippen molar-refractivity contribution < 1.29 is 34.1 Å². The second-order valence-electron chi connectivity index (χ2n) is 11.8. The molecule has 0 spiro atoms. The van der Waals surface area contributed by atoms with Crippen molar-refractivity contribution >= 4 is 18.9 Å². The van der Waals surface area contributed by atoms with E-state index < -0.39 is 5.97 Å². The van der Waals surface area contributed by atoms with E-state index in [1.54, 1.807) is 0 Å². The Labute approximate surface area is 196 Å². The topological polar surface area (TPSA) is 110 Å². The summed E-state index contributed by atoms with van der Waals surface area (Å²) in [5, 5.41) is 19.6. The number of aliphatic hydroxyl groups is 1. The van der Waals surface area contributed by atoms with E-state index in [9.17, 15) is 24.6 Å². The number of hydrogen-bond donors (Lipinski definition) is 2. The van der Waals surface area contributed by atoms with Crippen LogP contribution in [0.2, 0.25) is 0 Å². The van der Waals surface area contributed by atoms with Gasteiger partial charge in [-0.1, -0.05) is 20.8 Å². The third-order valence-corrected chi connectivity index (χ3v) is 10.7. The quantitative estimate of drug-likeness (QED) is 0.526. The molecule has 33 heavy (non-hydrogen) atoms. The molecule has 0 radical (unpaired) electrons. The number of hydrogen-bond acceptors (Lipinski definition) is 6. The van der Waals surface area contributed by atoms with Crippen LogP contribution in [-0.4, -0.2) is 47.4 Å². The molecule has 4 fully saturated rings. The first-order valence-electron chi connectivity index (χ1n) is 12.7. The second-order valence-corrected chi connectivity index (χ2v) is 11.8. The lowest BCUT2D eigenvalue weighted by Crippen LogP contribution is -2.63. The highest BCUT2D eigenvalue weighted by Crippen LogP contribution is 2.69. The van der Waals surface area contributed by atoms with E-state index in [-0.39, 0.29) is 71.1 Å². The number of carboxylic acids is 1. The molecule has 7 nitrogen and oxygen atoms in total. The third-order valence-electron chi connectivity index (χ3n) is 10.7. The number of rotatable bonds is 8. The van der Waals surface area contributed by atoms with Crippen molar-refractivity contribution in [2.45, 2.75) is 96.9 Å². The predicted molar refractivity (Wildman–Crippen MR) is 120 cm³/mol. The molecule has 0 saturated heterocycles. The minimum atomic E-state index is -0.781. The smallest absolute Gasteiger partial charge is 0.303 e. The van der Waals surface area contributed by atoms with Gasteiger partial charge >= 0.3 is 5.97 Å². The van der Waals surface area contributed by atoms with Crippen LogP contribution in [0.3, 0.4) is 0 Å². The van der Waals surface area contributed by atoms with Gasteiger partial charge in [0.05, 0.1) is 6.10 Å². The van der Waals surface area contributed by atoms with Gasteiger partial charge in [0.2, 0.25) is 0 Å². The number of carbonyl (C=O) groups excluding carboxylic acids is 2. The van der Waals surface area contributed by atoms with Gasteiger partial charge in [-0.15, -0.1) is 0 Å². The summed E-state index contributed by atoms with van der Waals surface area (Å²) in [7, 11) is 0. The zero-order valence-electron chi connectivity index (χ0n) is 20.2. The van der Waals surface area contributed by atoms with Gasteiger partial charge in [0.15, 0.2) is 0 Å². The monoisotopic (exact) mass is 464 g/mol. The van der Waals surface area contributed by atoms with Gasteiger partial charge in [0.1, 0.15) is 12.2 Å². The first-order valence-corrected chi connectivity index (χ1v) is 12.7. The molecule has 0 aliphatic heterocycles. The maximum absolute atomic E-state index is 11.6. The van der Waals surface area contributed by atoms with Gasteiger partial charge in [-0.25, -0.2) is 0 Å². The van der Waals surface area contributed by atoms with Gasteiger partial charge < -0.3 is 19.7 Å². The van der Waals surface area contributed by atoms with Crippen LogP contribution in [0.25, 0.3) is 0 Å². The first-order chi connectivity index (χ1) is 15.7. The van der Waals surface area contributed by atoms with E-state index in [1.807, 2.05) is 0 Å². The molecule has 0 aromatic heterocycles. The van der Waals surface area contributed by atoms with Crippen molar-refractivity contribution in [3.8, 4) is 0 Å². The molecular formula is C26H40O7. The maximum atomic E-state index is 11.6. The number of carbonyl (C=O) groups is 3. The molecule has 0 bridgehead atoms. The lowest BCUT2D eigenvalue weighted by atomic mass is 9.43. The van der Waals surface area contributed by atoms with E-state index in [2.05, 4.69) is 20.8 Å². The Morgan fingerprint density at radius 3 is 2.45 bits per heavy atom. The van der Waals surface area contributed by atoms with Crippen molar-refractivity contribution in [2.24, 2.45) is 46.3 Å². The summed E-state index contributed by atoms with van der Waals surface area (Å²) in [5.41, 5.74) is -0.257. The molecule has 4 rings (SSSR count). The normalized spacial score (nSPS) is 47.4. The zero-order chi connectivity index (χ0) is 24.0. The van der Waals surface area contributed by atoms with Crippen LogP contribution in [0.4, 0.5) is 0 Å². The summed E-state index contributed by atoms with van der Waals surface area (Å²) >= 11 is 0. The standard InChI is InChI=1S/C26H40O7/c1-15(4-7-23(30)31)18-5-6-19-24-20(12-22(33-14-28)26(18,19)3)25(2)9-8-17(29)10-16(25)11-21(24)32-13-27/h13-22,24,29H,4-12H2,1-3H3,(H,30,31)/t15-,16+,17-,18+,19-,20+,21-,22+,24-,25+,26-/m1/s1. The van der Waals surface area contributed by atoms with E-state index in [0.717, 1.165) is 44.9 Å². The summed E-state index contributed by atoms with van der Waals surface area (Å²) in [6.07, 6.45) is 5.92. The average molecular weight is 465 g/mol. The van der Waals surface area contributed by atoms with Gasteiger partial charge in [-0.05, 0) is 86.4 Å². The number of fused-ring (bicyclic) bond motifs is 5. The summed E-state index contributed by atoms with van der Waals surface area (Å²) in [6.45, 7) is 7.86. The summed E-state index contributed by atoms with van der Waals surface area (Å²) in [4.78, 5) is 34.3. The Bertz CT molecular complexity index is 755. The molecule has 7 heteroatoms. The van der Waals surface area contributed by atoms with Crippen LogP contribution >= 0.6 is 0 Å². The van der Waals surface area contributed by atoms with Crippen LogP contribution in [-0.2, 0) is 23.9 Å². The highest BCUT2D eigenvalue weighted by atomic mass is 16.5. The molecule has 0 amide bonds. The lowest BCUT2D eigenvalue weighted by Gasteiger charge is -2.64. The van der Waals surface area contributed by atoms with E-state index >= 15 is 0 Å². The number of aliphatic carboxylic acids is 1. The number of aliphatic hydroxyl groups excluding tert-OH is 1. The van der Waals surface area contributed by atoms with Crippen LogP contribution in [0.15, 0.2) is 0 Å². The lowest BCUT2D eigenvalue weighted by molar-refractivity contribution is -0.217. The molecule has 0 aromatic rings. The summed E-state index contributed by atoms with van der Waals surface area (Å²) in [5.74, 6) is 0.644. The van der Waals surface area contributed by atoms with Crippen molar-refractivity contribution in [3.05, 3.63) is 0 Å². The highest BCUT2D eigenvalue weighted by molar-refractivity contribution is 5.66. The fraction of sp³-hybridized carbons (Fsp3) is 0.885. The van der Waals surface area contributed by atoms with Crippen LogP contribution in [0, 0.1) is 46.3 Å². The molecule has 186 valence electrons. The van der Waals surface area contributed by atoms with Gasteiger partial charge in [0.25, 0.3) is 12.9 Å². The zero-order valence-corrected chi connectivity index (χ0v) is 20.2. The maximum Gasteiger partial charge on any atom is 0.303 e. The fourth-order valence-corrected chi connectivity index (χ4v) is 9.12. The summed E-state index contributed by atoms with van der Waals surface area (Å²) in [6, 6.07) is 0. The van der Waals surface area contributed by atoms with Crippen molar-refractivity contribution in [2.75, 3.05) is 0 Å². The molecule has 0 aromatic carbocycles. The minimum absolute atomic E-state index is 0.0193. The molecule has 4 aliphatic carbocycles. The second kappa shape index (κ2) is 9.20. The third kappa shape index (κ3) is 3.98. The summed E-state index contributed by atoms with van der Waals surface area (Å²) < 4.78 is 11.6. The van der Waals surface area contributed by atoms with Crippen LogP contribution in [0.5, 0.6) is 0 Å². The molecule has 0 unspecified atom stereocenters. The number of ether oxygens (including phenoxy) is 2. The van der Waals surface area contributed by atoms with Crippen LogP contribution < -0.4 is 0 Å². The number of carboxylic acid groups (broad SMARTS) is 1. The first kappa shape index (κ1) is 24.5. The Balaban J connectivity index is 1.70. The molecule has 2 N–H and O–H groups in total. The molecule has 4 saturated carbocycles. The molecular weight excluding hydrogens is 424 g/mol. The van der Waals surface area contributed by atoms with Gasteiger partial charge in [0, 0.05) is 17.8 Å². The Hall–Kier alpha value is -1.63. The van der Waals surface area contributed by atoms with E-state index in [4.69, 9.17) is 9.47 Å². The largest absolute Gasteiger partial charge is 0.481 e. The molecule has 0 heterocycles. The Kier molecular flexibility index (Phi) is 6.83. The van der Waals surface area contributed by atoms with Gasteiger partial charge in [-0.3, -0.25) is 14.4 Å². The van der Waals surface area contributed by atoms with E-state index in [1.165, 1.54) is 0 Å².